The summed E-state index contributed by atoms with van der Waals surface area (Å²) in [6.45, 7) is 7.94. The van der Waals surface area contributed by atoms with E-state index in [4.69, 9.17) is 14.2 Å². The molecular formula is C30H44N4O6S. The van der Waals surface area contributed by atoms with Crippen LogP contribution in [0.3, 0.4) is 0 Å². The van der Waals surface area contributed by atoms with Gasteiger partial charge in [0, 0.05) is 57.2 Å². The van der Waals surface area contributed by atoms with Gasteiger partial charge in [-0.1, -0.05) is 0 Å². The highest BCUT2D eigenvalue weighted by Gasteiger charge is 2.39. The number of benzene rings is 1. The van der Waals surface area contributed by atoms with E-state index in [0.29, 0.717) is 40.9 Å². The molecule has 0 radical (unpaired) electrons. The smallest absolute Gasteiger partial charge is 0.248 e. The van der Waals surface area contributed by atoms with Crippen LogP contribution in [-0.2, 0) is 30.8 Å². The van der Waals surface area contributed by atoms with Gasteiger partial charge in [0.1, 0.15) is 12.4 Å². The third-order valence-electron chi connectivity index (χ3n) is 8.97. The molecule has 1 unspecified atom stereocenters. The highest BCUT2D eigenvalue weighted by atomic mass is 32.2. The Hall–Kier alpha value is -2.44. The molecule has 2 fully saturated rings. The van der Waals surface area contributed by atoms with Crippen molar-refractivity contribution in [3.8, 4) is 5.75 Å². The predicted octanol–water partition coefficient (Wildman–Crippen LogP) is 2.98. The number of rotatable bonds is 9. The third-order valence-corrected chi connectivity index (χ3v) is 11.2. The first-order valence-electron chi connectivity index (χ1n) is 14.7. The standard InChI is InChI=1S/C30H44N4O6S/c1-22-17-26(38-4)18-23(2)30(22)41(36,37)34-12-11-33-10-6-9-27(33)28(34)20-40-21-29(35)31(3)24-7-5-8-25(19-24)32-13-15-39-16-14-32/h6,9-10,17-18,24-25,28H,5,7-8,11-16,19-21H2,1-4H3/t24-,25+,28?/m0/s1. The molecule has 1 aromatic heterocycles. The molecule has 5 rings (SSSR count). The first-order chi connectivity index (χ1) is 19.7. The van der Waals surface area contributed by atoms with Crippen LogP contribution in [0.25, 0.3) is 0 Å². The lowest BCUT2D eigenvalue weighted by Gasteiger charge is -2.41. The van der Waals surface area contributed by atoms with Gasteiger partial charge >= 0.3 is 0 Å². The maximum atomic E-state index is 14.1. The average molecular weight is 589 g/mol. The maximum Gasteiger partial charge on any atom is 0.248 e. The van der Waals surface area contributed by atoms with Crippen LogP contribution in [0.4, 0.5) is 0 Å². The van der Waals surface area contributed by atoms with Crippen molar-refractivity contribution in [2.75, 3.05) is 60.2 Å². The number of carbonyl (C=O) groups is 1. The van der Waals surface area contributed by atoms with E-state index in [1.807, 2.05) is 30.3 Å². The molecule has 10 nitrogen and oxygen atoms in total. The van der Waals surface area contributed by atoms with E-state index in [1.165, 1.54) is 4.31 Å². The molecule has 2 aromatic rings. The lowest BCUT2D eigenvalue weighted by atomic mass is 9.89. The van der Waals surface area contributed by atoms with E-state index < -0.39 is 16.1 Å². The lowest BCUT2D eigenvalue weighted by Crippen LogP contribution is -2.50. The summed E-state index contributed by atoms with van der Waals surface area (Å²) in [6, 6.07) is 7.48. The summed E-state index contributed by atoms with van der Waals surface area (Å²) in [7, 11) is -0.399. The minimum absolute atomic E-state index is 0.0694. The third kappa shape index (κ3) is 6.34. The van der Waals surface area contributed by atoms with E-state index in [0.717, 1.165) is 57.7 Å². The molecule has 3 aliphatic rings. The Morgan fingerprint density at radius 3 is 2.54 bits per heavy atom. The molecule has 1 saturated heterocycles. The van der Waals surface area contributed by atoms with Gasteiger partial charge in [-0.3, -0.25) is 9.69 Å². The number of aryl methyl sites for hydroxylation is 2. The SMILES string of the molecule is COc1cc(C)c(S(=O)(=O)N2CCn3cccc3C2COCC(=O)N(C)[C@H]2CCC[C@@H](N3CCOCC3)C2)c(C)c1. The minimum atomic E-state index is -3.84. The Labute approximate surface area is 244 Å². The molecule has 1 aliphatic carbocycles. The maximum absolute atomic E-state index is 14.1. The molecular weight excluding hydrogens is 544 g/mol. The van der Waals surface area contributed by atoms with Crippen molar-refractivity contribution >= 4 is 15.9 Å². The second kappa shape index (κ2) is 12.8. The van der Waals surface area contributed by atoms with Gasteiger partial charge < -0.3 is 23.7 Å². The van der Waals surface area contributed by atoms with Gasteiger partial charge in [0.2, 0.25) is 15.9 Å². The van der Waals surface area contributed by atoms with Gasteiger partial charge in [-0.2, -0.15) is 4.31 Å². The van der Waals surface area contributed by atoms with Crippen molar-refractivity contribution in [1.82, 2.24) is 18.7 Å². The largest absolute Gasteiger partial charge is 0.497 e. The van der Waals surface area contributed by atoms with Crippen molar-refractivity contribution in [3.05, 3.63) is 47.3 Å². The number of methoxy groups -OCH3 is 1. The predicted molar refractivity (Wildman–Crippen MR) is 156 cm³/mol. The monoisotopic (exact) mass is 588 g/mol. The lowest BCUT2D eigenvalue weighted by molar-refractivity contribution is -0.138. The van der Waals surface area contributed by atoms with E-state index in [9.17, 15) is 13.2 Å². The molecule has 3 heterocycles. The molecule has 0 N–H and O–H groups in total. The summed E-state index contributed by atoms with van der Waals surface area (Å²) in [5.41, 5.74) is 2.15. The number of aromatic nitrogens is 1. The molecule has 41 heavy (non-hydrogen) atoms. The number of sulfonamides is 1. The molecule has 11 heteroatoms. The number of hydrogen-bond donors (Lipinski definition) is 0. The van der Waals surface area contributed by atoms with Gasteiger partial charge in [-0.15, -0.1) is 0 Å². The van der Waals surface area contributed by atoms with Gasteiger partial charge in [0.05, 0.1) is 37.9 Å². The molecule has 2 aliphatic heterocycles. The highest BCUT2D eigenvalue weighted by Crippen LogP contribution is 2.35. The summed E-state index contributed by atoms with van der Waals surface area (Å²) < 4.78 is 48.6. The Bertz CT molecular complexity index is 1300. The van der Waals surface area contributed by atoms with Crippen LogP contribution in [0.1, 0.15) is 48.5 Å². The minimum Gasteiger partial charge on any atom is -0.497 e. The number of carbonyl (C=O) groups excluding carboxylic acids is 1. The summed E-state index contributed by atoms with van der Waals surface area (Å²) in [4.78, 5) is 17.9. The second-order valence-corrected chi connectivity index (χ2v) is 13.3. The first-order valence-corrected chi connectivity index (χ1v) is 16.1. The highest BCUT2D eigenvalue weighted by molar-refractivity contribution is 7.89. The first kappa shape index (κ1) is 30.0. The van der Waals surface area contributed by atoms with Gasteiger partial charge in [-0.05, 0) is 74.9 Å². The van der Waals surface area contributed by atoms with Crippen molar-refractivity contribution < 1.29 is 27.4 Å². The quantitative estimate of drug-likeness (QED) is 0.445. The second-order valence-electron chi connectivity index (χ2n) is 11.5. The molecule has 1 aromatic carbocycles. The number of hydrogen-bond acceptors (Lipinski definition) is 7. The molecule has 1 amide bonds. The van der Waals surface area contributed by atoms with E-state index in [-0.39, 0.29) is 25.2 Å². The number of fused-ring (bicyclic) bond motifs is 1. The van der Waals surface area contributed by atoms with Crippen LogP contribution in [-0.4, -0.2) is 105 Å². The number of amides is 1. The Balaban J connectivity index is 1.26. The fourth-order valence-corrected chi connectivity index (χ4v) is 8.77. The fourth-order valence-electron chi connectivity index (χ4n) is 6.78. The summed E-state index contributed by atoms with van der Waals surface area (Å²) in [5, 5.41) is 0. The van der Waals surface area contributed by atoms with Crippen LogP contribution in [0.15, 0.2) is 35.4 Å². The van der Waals surface area contributed by atoms with Crippen molar-refractivity contribution in [2.24, 2.45) is 0 Å². The summed E-state index contributed by atoms with van der Waals surface area (Å²) in [6.07, 6.45) is 6.18. The zero-order chi connectivity index (χ0) is 29.1. The van der Waals surface area contributed by atoms with E-state index in [1.54, 1.807) is 33.1 Å². The Morgan fingerprint density at radius 2 is 1.83 bits per heavy atom. The van der Waals surface area contributed by atoms with Crippen molar-refractivity contribution in [2.45, 2.75) is 69.1 Å². The van der Waals surface area contributed by atoms with Crippen molar-refractivity contribution in [1.29, 1.82) is 0 Å². The van der Waals surface area contributed by atoms with Gasteiger partial charge in [0.25, 0.3) is 0 Å². The number of ether oxygens (including phenoxy) is 3. The van der Waals surface area contributed by atoms with Crippen LogP contribution in [0, 0.1) is 13.8 Å². The van der Waals surface area contributed by atoms with Crippen LogP contribution < -0.4 is 4.74 Å². The number of nitrogens with zero attached hydrogens (tertiary/aromatic N) is 4. The number of morpholine rings is 1. The molecule has 3 atom stereocenters. The normalized spacial score (nSPS) is 24.1. The Morgan fingerprint density at radius 1 is 1.10 bits per heavy atom. The Kier molecular flexibility index (Phi) is 9.40. The van der Waals surface area contributed by atoms with Crippen LogP contribution in [0.5, 0.6) is 5.75 Å². The number of likely N-dealkylation sites (N-methyl/N-ethyl adjacent to an activating group) is 1. The molecule has 226 valence electrons. The molecule has 1 saturated carbocycles. The zero-order valence-electron chi connectivity index (χ0n) is 24.8. The fraction of sp³-hybridized carbons (Fsp3) is 0.633. The van der Waals surface area contributed by atoms with Crippen LogP contribution >= 0.6 is 0 Å². The molecule has 0 bridgehead atoms. The van der Waals surface area contributed by atoms with Crippen molar-refractivity contribution in [3.63, 3.8) is 0 Å². The van der Waals surface area contributed by atoms with E-state index in [2.05, 4.69) is 9.47 Å². The average Bonchev–Trinajstić information content (AvgIpc) is 3.46. The summed E-state index contributed by atoms with van der Waals surface area (Å²) >= 11 is 0. The zero-order valence-corrected chi connectivity index (χ0v) is 25.6. The summed E-state index contributed by atoms with van der Waals surface area (Å²) in [5.74, 6) is 0.559. The molecule has 0 spiro atoms. The van der Waals surface area contributed by atoms with Gasteiger partial charge in [0.15, 0.2) is 0 Å². The van der Waals surface area contributed by atoms with E-state index >= 15 is 0 Å². The van der Waals surface area contributed by atoms with Crippen LogP contribution in [0.2, 0.25) is 0 Å². The topological polar surface area (TPSA) is 93.5 Å². The van der Waals surface area contributed by atoms with Gasteiger partial charge in [-0.25, -0.2) is 8.42 Å².